The van der Waals surface area contributed by atoms with Gasteiger partial charge in [-0.1, -0.05) is 34.6 Å². The SMILES string of the molecule is C[C@@H]1CC[C@@]2(C)[C@@H](CC[C@@H](C)[C@]23Cc2c(O)cc4c(c2O3)CNC4=O)C1(C)C. The molecule has 5 rings (SSSR count). The Kier molecular flexibility index (Phi) is 3.57. The van der Waals surface area contributed by atoms with Crippen LogP contribution in [0.25, 0.3) is 0 Å². The highest BCUT2D eigenvalue weighted by molar-refractivity contribution is 6.00. The lowest BCUT2D eigenvalue weighted by Crippen LogP contribution is -2.65. The summed E-state index contributed by atoms with van der Waals surface area (Å²) in [6.07, 6.45) is 5.55. The van der Waals surface area contributed by atoms with Crippen molar-refractivity contribution in [1.82, 2.24) is 5.32 Å². The maximum atomic E-state index is 12.2. The van der Waals surface area contributed by atoms with E-state index < -0.39 is 0 Å². The van der Waals surface area contributed by atoms with E-state index in [-0.39, 0.29) is 28.1 Å². The fraction of sp³-hybridized carbons (Fsp3) is 0.708. The zero-order valence-corrected chi connectivity index (χ0v) is 17.8. The van der Waals surface area contributed by atoms with Gasteiger partial charge in [0, 0.05) is 29.5 Å². The molecule has 5 atom stereocenters. The van der Waals surface area contributed by atoms with Crippen molar-refractivity contribution in [2.45, 2.75) is 78.9 Å². The molecule has 28 heavy (non-hydrogen) atoms. The number of ether oxygens (including phenoxy) is 1. The first kappa shape index (κ1) is 18.3. The van der Waals surface area contributed by atoms with Gasteiger partial charge >= 0.3 is 0 Å². The number of amides is 1. The second kappa shape index (κ2) is 5.46. The number of nitrogens with one attached hydrogen (secondary N) is 1. The Morgan fingerprint density at radius 3 is 2.61 bits per heavy atom. The van der Waals surface area contributed by atoms with Gasteiger partial charge in [-0.15, -0.1) is 0 Å². The fourth-order valence-corrected chi connectivity index (χ4v) is 7.38. The van der Waals surface area contributed by atoms with E-state index in [1.165, 1.54) is 19.3 Å². The summed E-state index contributed by atoms with van der Waals surface area (Å²) < 4.78 is 6.97. The molecule has 1 spiro atoms. The van der Waals surface area contributed by atoms with Crippen molar-refractivity contribution in [3.05, 3.63) is 22.8 Å². The van der Waals surface area contributed by atoms with Crippen LogP contribution < -0.4 is 10.1 Å². The van der Waals surface area contributed by atoms with Crippen molar-refractivity contribution >= 4 is 5.91 Å². The molecule has 0 unspecified atom stereocenters. The monoisotopic (exact) mass is 383 g/mol. The van der Waals surface area contributed by atoms with E-state index in [0.29, 0.717) is 29.9 Å². The summed E-state index contributed by atoms with van der Waals surface area (Å²) in [4.78, 5) is 12.2. The first-order valence-electron chi connectivity index (χ1n) is 11.0. The van der Waals surface area contributed by atoms with Crippen LogP contribution in [0.1, 0.15) is 81.8 Å². The molecule has 0 bridgehead atoms. The number of hydrogen-bond acceptors (Lipinski definition) is 3. The number of phenolic OH excluding ortho intramolecular Hbond substituents is 1. The zero-order valence-electron chi connectivity index (χ0n) is 17.8. The first-order valence-corrected chi connectivity index (χ1v) is 11.0. The third-order valence-corrected chi connectivity index (χ3v) is 9.54. The second-order valence-electron chi connectivity index (χ2n) is 10.8. The molecule has 0 saturated heterocycles. The molecule has 152 valence electrons. The molecule has 1 aromatic carbocycles. The van der Waals surface area contributed by atoms with E-state index in [1.807, 2.05) is 0 Å². The number of rotatable bonds is 0. The zero-order chi connectivity index (χ0) is 20.1. The summed E-state index contributed by atoms with van der Waals surface area (Å²) in [6.45, 7) is 12.6. The minimum Gasteiger partial charge on any atom is -0.508 e. The average molecular weight is 384 g/mol. The number of hydrogen-bond donors (Lipinski definition) is 2. The highest BCUT2D eigenvalue weighted by Crippen LogP contribution is 2.68. The van der Waals surface area contributed by atoms with Crippen molar-refractivity contribution in [2.24, 2.45) is 28.6 Å². The van der Waals surface area contributed by atoms with Gasteiger partial charge in [0.15, 0.2) is 0 Å². The molecule has 2 saturated carbocycles. The second-order valence-corrected chi connectivity index (χ2v) is 10.8. The van der Waals surface area contributed by atoms with Gasteiger partial charge in [0.2, 0.25) is 0 Å². The Balaban J connectivity index is 1.65. The van der Waals surface area contributed by atoms with Crippen LogP contribution in [-0.4, -0.2) is 16.6 Å². The quantitative estimate of drug-likeness (QED) is 0.675. The molecular formula is C24H33NO3. The molecule has 2 aliphatic heterocycles. The fourth-order valence-electron chi connectivity index (χ4n) is 7.38. The Labute approximate surface area is 168 Å². The third kappa shape index (κ3) is 1.99. The van der Waals surface area contributed by atoms with E-state index in [2.05, 4.69) is 39.9 Å². The van der Waals surface area contributed by atoms with Crippen molar-refractivity contribution in [3.63, 3.8) is 0 Å². The summed E-state index contributed by atoms with van der Waals surface area (Å²) in [5, 5.41) is 13.7. The lowest BCUT2D eigenvalue weighted by Gasteiger charge is -2.64. The summed E-state index contributed by atoms with van der Waals surface area (Å²) in [6, 6.07) is 1.65. The van der Waals surface area contributed by atoms with Gasteiger partial charge in [0.25, 0.3) is 5.91 Å². The smallest absolute Gasteiger partial charge is 0.252 e. The van der Waals surface area contributed by atoms with Crippen LogP contribution in [0.3, 0.4) is 0 Å². The summed E-state index contributed by atoms with van der Waals surface area (Å²) >= 11 is 0. The molecule has 2 fully saturated rings. The Hall–Kier alpha value is -1.71. The van der Waals surface area contributed by atoms with Crippen molar-refractivity contribution in [2.75, 3.05) is 0 Å². The van der Waals surface area contributed by atoms with Gasteiger partial charge in [-0.05, 0) is 54.9 Å². The molecule has 2 N–H and O–H groups in total. The van der Waals surface area contributed by atoms with Crippen LogP contribution in [0.4, 0.5) is 0 Å². The number of fused-ring (bicyclic) bond motifs is 5. The minimum absolute atomic E-state index is 0.0645. The molecular weight excluding hydrogens is 350 g/mol. The predicted octanol–water partition coefficient (Wildman–Crippen LogP) is 4.82. The topological polar surface area (TPSA) is 58.6 Å². The van der Waals surface area contributed by atoms with Gasteiger partial charge in [-0.2, -0.15) is 0 Å². The maximum absolute atomic E-state index is 12.2. The van der Waals surface area contributed by atoms with E-state index in [9.17, 15) is 9.90 Å². The summed E-state index contributed by atoms with van der Waals surface area (Å²) in [5.41, 5.74) is 2.48. The number of carbonyl (C=O) groups is 1. The molecule has 0 radical (unpaired) electrons. The highest BCUT2D eigenvalue weighted by Gasteiger charge is 2.66. The summed E-state index contributed by atoms with van der Waals surface area (Å²) in [5.74, 6) is 2.64. The van der Waals surface area contributed by atoms with Gasteiger partial charge in [0.1, 0.15) is 17.1 Å². The normalized spacial score (nSPS) is 40.5. The molecule has 2 heterocycles. The molecule has 4 heteroatoms. The van der Waals surface area contributed by atoms with Gasteiger partial charge < -0.3 is 15.2 Å². The van der Waals surface area contributed by atoms with Crippen molar-refractivity contribution < 1.29 is 14.6 Å². The lowest BCUT2D eigenvalue weighted by molar-refractivity contribution is -0.197. The van der Waals surface area contributed by atoms with E-state index in [0.717, 1.165) is 29.7 Å². The lowest BCUT2D eigenvalue weighted by atomic mass is 9.42. The van der Waals surface area contributed by atoms with Crippen LogP contribution in [0, 0.1) is 28.6 Å². The number of phenols is 1. The number of benzene rings is 1. The van der Waals surface area contributed by atoms with E-state index in [4.69, 9.17) is 4.74 Å². The molecule has 4 aliphatic rings. The molecule has 1 aromatic rings. The largest absolute Gasteiger partial charge is 0.508 e. The Bertz CT molecular complexity index is 875. The predicted molar refractivity (Wildman–Crippen MR) is 109 cm³/mol. The van der Waals surface area contributed by atoms with Crippen molar-refractivity contribution in [1.29, 1.82) is 0 Å². The molecule has 1 amide bonds. The van der Waals surface area contributed by atoms with Crippen LogP contribution in [0.5, 0.6) is 11.5 Å². The Morgan fingerprint density at radius 2 is 1.86 bits per heavy atom. The number of aromatic hydroxyl groups is 1. The maximum Gasteiger partial charge on any atom is 0.252 e. The minimum atomic E-state index is -0.298. The van der Waals surface area contributed by atoms with Crippen LogP contribution in [0.2, 0.25) is 0 Å². The van der Waals surface area contributed by atoms with Gasteiger partial charge in [-0.3, -0.25) is 4.79 Å². The van der Waals surface area contributed by atoms with Gasteiger partial charge in [0.05, 0.1) is 5.56 Å². The van der Waals surface area contributed by atoms with E-state index in [1.54, 1.807) is 6.07 Å². The average Bonchev–Trinajstić information content (AvgIpc) is 3.20. The van der Waals surface area contributed by atoms with Crippen molar-refractivity contribution in [3.8, 4) is 11.5 Å². The summed E-state index contributed by atoms with van der Waals surface area (Å²) in [7, 11) is 0. The molecule has 4 nitrogen and oxygen atoms in total. The van der Waals surface area contributed by atoms with Gasteiger partial charge in [-0.25, -0.2) is 0 Å². The Morgan fingerprint density at radius 1 is 1.11 bits per heavy atom. The van der Waals surface area contributed by atoms with E-state index >= 15 is 0 Å². The number of carbonyl (C=O) groups excluding carboxylic acids is 1. The standard InChI is InChI=1S/C24H33NO3/c1-13-8-9-23(5)19(22(13,3)4)7-6-14(2)24(23)11-16-18(26)10-15-17(20(16)28-24)12-25-21(15)27/h10,13-14,19,26H,6-9,11-12H2,1-5H3,(H,25,27)/t13-,14-,19+,23+,24-/m1/s1. The first-order chi connectivity index (χ1) is 13.1. The van der Waals surface area contributed by atoms with Crippen LogP contribution in [-0.2, 0) is 13.0 Å². The van der Waals surface area contributed by atoms with Crippen LogP contribution in [0.15, 0.2) is 6.07 Å². The third-order valence-electron chi connectivity index (χ3n) is 9.54. The highest BCUT2D eigenvalue weighted by atomic mass is 16.5. The van der Waals surface area contributed by atoms with Crippen LogP contribution >= 0.6 is 0 Å². The molecule has 2 aliphatic carbocycles. The molecule has 0 aromatic heterocycles.